The molecule has 0 fully saturated rings. The second-order valence-corrected chi connectivity index (χ2v) is 5.37. The Bertz CT molecular complexity index is 682. The van der Waals surface area contributed by atoms with Crippen LogP contribution in [0.1, 0.15) is 22.2 Å². The first kappa shape index (κ1) is 15.3. The molecule has 6 heteroatoms. The van der Waals surface area contributed by atoms with Crippen LogP contribution >= 0.6 is 11.3 Å². The minimum Gasteiger partial charge on any atom is -0.494 e. The molecule has 0 radical (unpaired) electrons. The minimum atomic E-state index is -0.465. The third-order valence-electron chi connectivity index (χ3n) is 3.19. The van der Waals surface area contributed by atoms with Gasteiger partial charge in [0.05, 0.1) is 19.9 Å². The van der Waals surface area contributed by atoms with Crippen molar-refractivity contribution in [3.8, 4) is 16.2 Å². The zero-order valence-electron chi connectivity index (χ0n) is 12.0. The smallest absolute Gasteiger partial charge is 0.350 e. The fraction of sp³-hybridized carbons (Fsp3) is 0.267. The van der Waals surface area contributed by atoms with Crippen molar-refractivity contribution in [2.24, 2.45) is 0 Å². The van der Waals surface area contributed by atoms with Gasteiger partial charge in [-0.2, -0.15) is 0 Å². The number of benzene rings is 1. The van der Waals surface area contributed by atoms with Crippen LogP contribution in [0.3, 0.4) is 0 Å². The Hall–Kier alpha value is -2.08. The van der Waals surface area contributed by atoms with Gasteiger partial charge in [0.2, 0.25) is 0 Å². The Balaban J connectivity index is 2.60. The zero-order chi connectivity index (χ0) is 15.6. The van der Waals surface area contributed by atoms with Crippen LogP contribution < -0.4 is 10.5 Å². The first-order valence-electron chi connectivity index (χ1n) is 6.36. The molecule has 2 rings (SSSR count). The highest BCUT2D eigenvalue weighted by Crippen LogP contribution is 2.40. The van der Waals surface area contributed by atoms with Crippen LogP contribution in [0, 0.1) is 5.82 Å². The maximum Gasteiger partial charge on any atom is 0.350 e. The number of ether oxygens (including phenoxy) is 2. The Morgan fingerprint density at radius 3 is 2.67 bits per heavy atom. The summed E-state index contributed by atoms with van der Waals surface area (Å²) in [4.78, 5) is 12.9. The summed E-state index contributed by atoms with van der Waals surface area (Å²) in [6.07, 6.45) is 0.661. The largest absolute Gasteiger partial charge is 0.494 e. The molecule has 112 valence electrons. The van der Waals surface area contributed by atoms with E-state index in [0.717, 1.165) is 16.0 Å². The highest BCUT2D eigenvalue weighted by atomic mass is 32.1. The molecule has 0 saturated carbocycles. The predicted molar refractivity (Wildman–Crippen MR) is 81.4 cm³/mol. The van der Waals surface area contributed by atoms with Crippen molar-refractivity contribution in [2.45, 2.75) is 13.3 Å². The van der Waals surface area contributed by atoms with E-state index in [1.165, 1.54) is 31.6 Å². The SMILES string of the molecule is CCc1c(-c2ccc(F)c(OC)c2)sc(C(=O)OC)c1N. The molecule has 2 N–H and O–H groups in total. The number of methoxy groups -OCH3 is 2. The summed E-state index contributed by atoms with van der Waals surface area (Å²) in [5, 5.41) is 0. The maximum absolute atomic E-state index is 13.5. The Morgan fingerprint density at radius 2 is 2.10 bits per heavy atom. The van der Waals surface area contributed by atoms with E-state index in [1.54, 1.807) is 12.1 Å². The lowest BCUT2D eigenvalue weighted by Gasteiger charge is -2.06. The number of anilines is 1. The number of nitrogen functional groups attached to an aromatic ring is 1. The van der Waals surface area contributed by atoms with Crippen LogP contribution in [-0.4, -0.2) is 20.2 Å². The average molecular weight is 309 g/mol. The molecule has 0 aliphatic heterocycles. The van der Waals surface area contributed by atoms with Gasteiger partial charge in [0, 0.05) is 4.88 Å². The van der Waals surface area contributed by atoms with Gasteiger partial charge in [0.1, 0.15) is 4.88 Å². The standard InChI is InChI=1S/C15H16FNO3S/c1-4-9-12(17)14(15(18)20-3)21-13(9)8-5-6-10(16)11(7-8)19-2/h5-7H,4,17H2,1-3H3. The lowest BCUT2D eigenvalue weighted by molar-refractivity contribution is 0.0607. The molecular weight excluding hydrogens is 293 g/mol. The topological polar surface area (TPSA) is 61.5 Å². The quantitative estimate of drug-likeness (QED) is 0.878. The number of esters is 1. The van der Waals surface area contributed by atoms with E-state index in [1.807, 2.05) is 6.92 Å². The monoisotopic (exact) mass is 309 g/mol. The van der Waals surface area contributed by atoms with E-state index < -0.39 is 11.8 Å². The number of hydrogen-bond donors (Lipinski definition) is 1. The maximum atomic E-state index is 13.5. The molecule has 0 amide bonds. The molecule has 4 nitrogen and oxygen atoms in total. The van der Waals surface area contributed by atoms with Crippen molar-refractivity contribution in [3.63, 3.8) is 0 Å². The van der Waals surface area contributed by atoms with Gasteiger partial charge in [-0.25, -0.2) is 9.18 Å². The Morgan fingerprint density at radius 1 is 1.38 bits per heavy atom. The summed E-state index contributed by atoms with van der Waals surface area (Å²) in [5.41, 5.74) is 8.07. The third-order valence-corrected chi connectivity index (χ3v) is 4.46. The van der Waals surface area contributed by atoms with Gasteiger partial charge < -0.3 is 15.2 Å². The van der Waals surface area contributed by atoms with Crippen molar-refractivity contribution in [1.82, 2.24) is 0 Å². The number of halogens is 1. The fourth-order valence-electron chi connectivity index (χ4n) is 2.11. The molecule has 1 heterocycles. The van der Waals surface area contributed by atoms with Gasteiger partial charge in [0.15, 0.2) is 11.6 Å². The zero-order valence-corrected chi connectivity index (χ0v) is 12.8. The second kappa shape index (κ2) is 6.13. The highest BCUT2D eigenvalue weighted by molar-refractivity contribution is 7.18. The molecule has 21 heavy (non-hydrogen) atoms. The van der Waals surface area contributed by atoms with Crippen LogP contribution in [0.5, 0.6) is 5.75 Å². The Labute approximate surface area is 126 Å². The highest BCUT2D eigenvalue weighted by Gasteiger charge is 2.22. The average Bonchev–Trinajstić information content (AvgIpc) is 2.83. The van der Waals surface area contributed by atoms with Crippen LogP contribution in [-0.2, 0) is 11.2 Å². The van der Waals surface area contributed by atoms with Gasteiger partial charge in [-0.05, 0) is 29.7 Å². The van der Waals surface area contributed by atoms with Crippen molar-refractivity contribution in [3.05, 3.63) is 34.5 Å². The van der Waals surface area contributed by atoms with E-state index in [9.17, 15) is 9.18 Å². The van der Waals surface area contributed by atoms with Crippen molar-refractivity contribution in [1.29, 1.82) is 0 Å². The van der Waals surface area contributed by atoms with Gasteiger partial charge in [-0.15, -0.1) is 11.3 Å². The first-order chi connectivity index (χ1) is 10.0. The van der Waals surface area contributed by atoms with E-state index >= 15 is 0 Å². The molecule has 1 aromatic heterocycles. The third kappa shape index (κ3) is 2.71. The van der Waals surface area contributed by atoms with Crippen LogP contribution in [0.2, 0.25) is 0 Å². The van der Waals surface area contributed by atoms with Gasteiger partial charge in [-0.1, -0.05) is 13.0 Å². The van der Waals surface area contributed by atoms with Gasteiger partial charge in [0.25, 0.3) is 0 Å². The summed E-state index contributed by atoms with van der Waals surface area (Å²) >= 11 is 1.24. The summed E-state index contributed by atoms with van der Waals surface area (Å²) in [5.74, 6) is -0.745. The van der Waals surface area contributed by atoms with Crippen molar-refractivity contribution in [2.75, 3.05) is 20.0 Å². The summed E-state index contributed by atoms with van der Waals surface area (Å²) in [7, 11) is 2.72. The molecule has 0 atom stereocenters. The molecule has 2 aromatic rings. The van der Waals surface area contributed by atoms with E-state index in [-0.39, 0.29) is 5.75 Å². The summed E-state index contributed by atoms with van der Waals surface area (Å²) in [6.45, 7) is 1.95. The van der Waals surface area contributed by atoms with Crippen molar-refractivity contribution < 1.29 is 18.7 Å². The van der Waals surface area contributed by atoms with Crippen LogP contribution in [0.4, 0.5) is 10.1 Å². The predicted octanol–water partition coefficient (Wildman–Crippen LogP) is 3.49. The molecule has 0 aliphatic carbocycles. The number of carbonyl (C=O) groups is 1. The Kier molecular flexibility index (Phi) is 4.47. The van der Waals surface area contributed by atoms with E-state index in [0.29, 0.717) is 17.0 Å². The number of rotatable bonds is 4. The normalized spacial score (nSPS) is 10.5. The number of nitrogens with two attached hydrogens (primary N) is 1. The molecule has 0 aliphatic rings. The first-order valence-corrected chi connectivity index (χ1v) is 7.18. The molecule has 1 aromatic carbocycles. The molecular formula is C15H16FNO3S. The number of thiophene rings is 1. The number of hydrogen-bond acceptors (Lipinski definition) is 5. The van der Waals surface area contributed by atoms with Crippen LogP contribution in [0.25, 0.3) is 10.4 Å². The second-order valence-electron chi connectivity index (χ2n) is 4.35. The molecule has 0 unspecified atom stereocenters. The van der Waals surface area contributed by atoms with Gasteiger partial charge >= 0.3 is 5.97 Å². The fourth-order valence-corrected chi connectivity index (χ4v) is 3.33. The van der Waals surface area contributed by atoms with E-state index in [2.05, 4.69) is 0 Å². The molecule has 0 spiro atoms. The molecule has 0 saturated heterocycles. The summed E-state index contributed by atoms with van der Waals surface area (Å²) in [6, 6.07) is 4.57. The lowest BCUT2D eigenvalue weighted by atomic mass is 10.1. The minimum absolute atomic E-state index is 0.154. The lowest BCUT2D eigenvalue weighted by Crippen LogP contribution is -2.02. The summed E-state index contributed by atoms with van der Waals surface area (Å²) < 4.78 is 23.2. The van der Waals surface area contributed by atoms with Crippen molar-refractivity contribution >= 4 is 23.0 Å². The number of carbonyl (C=O) groups excluding carboxylic acids is 1. The van der Waals surface area contributed by atoms with Gasteiger partial charge in [-0.3, -0.25) is 0 Å². The van der Waals surface area contributed by atoms with E-state index in [4.69, 9.17) is 15.2 Å². The van der Waals surface area contributed by atoms with Crippen LogP contribution in [0.15, 0.2) is 18.2 Å². The molecule has 0 bridgehead atoms.